The number of fused-ring (bicyclic) bond motifs is 1. The number of hydrogen-bond donors (Lipinski definition) is 0. The molecule has 2 aromatic rings. The van der Waals surface area contributed by atoms with Crippen LogP contribution in [-0.2, 0) is 0 Å². The third-order valence-electron chi connectivity index (χ3n) is 4.12. The van der Waals surface area contributed by atoms with E-state index in [2.05, 4.69) is 73.6 Å². The minimum absolute atomic E-state index is 0.572. The van der Waals surface area contributed by atoms with Crippen LogP contribution < -0.4 is 0 Å². The Labute approximate surface area is 115 Å². The summed E-state index contributed by atoms with van der Waals surface area (Å²) >= 11 is 0. The van der Waals surface area contributed by atoms with Crippen molar-refractivity contribution in [3.05, 3.63) is 71.3 Å². The summed E-state index contributed by atoms with van der Waals surface area (Å²) in [5.41, 5.74) is 4.53. The van der Waals surface area contributed by atoms with Crippen LogP contribution in [-0.4, -0.2) is 25.5 Å². The maximum absolute atomic E-state index is 2.31. The molecule has 0 bridgehead atoms. The summed E-state index contributed by atoms with van der Waals surface area (Å²) in [4.78, 5) is 2.30. The summed E-state index contributed by atoms with van der Waals surface area (Å²) in [5, 5.41) is 0. The van der Waals surface area contributed by atoms with Gasteiger partial charge in [0.2, 0.25) is 0 Å². The van der Waals surface area contributed by atoms with Crippen molar-refractivity contribution in [3.63, 3.8) is 0 Å². The quantitative estimate of drug-likeness (QED) is 0.800. The molecule has 0 aromatic heterocycles. The Bertz CT molecular complexity index is 545. The first-order valence-electron chi connectivity index (χ1n) is 7.04. The van der Waals surface area contributed by atoms with Gasteiger partial charge in [0.15, 0.2) is 0 Å². The molecule has 19 heavy (non-hydrogen) atoms. The summed E-state index contributed by atoms with van der Waals surface area (Å²) in [5.74, 6) is 1.23. The van der Waals surface area contributed by atoms with Crippen LogP contribution in [0.1, 0.15) is 34.9 Å². The molecule has 0 heterocycles. The van der Waals surface area contributed by atoms with Crippen molar-refractivity contribution in [2.24, 2.45) is 0 Å². The van der Waals surface area contributed by atoms with Gasteiger partial charge in [0.25, 0.3) is 0 Å². The molecular weight excluding hydrogens is 230 g/mol. The first-order valence-corrected chi connectivity index (χ1v) is 7.04. The topological polar surface area (TPSA) is 3.24 Å². The molecule has 0 saturated carbocycles. The number of benzene rings is 2. The van der Waals surface area contributed by atoms with E-state index in [4.69, 9.17) is 0 Å². The molecule has 0 radical (unpaired) electrons. The highest BCUT2D eigenvalue weighted by Gasteiger charge is 2.31. The van der Waals surface area contributed by atoms with Crippen LogP contribution >= 0.6 is 0 Å². The van der Waals surface area contributed by atoms with E-state index in [0.717, 1.165) is 6.54 Å². The molecule has 98 valence electrons. The van der Waals surface area contributed by atoms with Gasteiger partial charge >= 0.3 is 0 Å². The first kappa shape index (κ1) is 12.4. The van der Waals surface area contributed by atoms with Gasteiger partial charge in [-0.1, -0.05) is 54.6 Å². The highest BCUT2D eigenvalue weighted by molar-refractivity contribution is 5.44. The van der Waals surface area contributed by atoms with Crippen molar-refractivity contribution in [2.45, 2.75) is 18.3 Å². The van der Waals surface area contributed by atoms with Crippen LogP contribution in [0.4, 0.5) is 0 Å². The van der Waals surface area contributed by atoms with E-state index >= 15 is 0 Å². The molecular formula is C18H21N. The van der Waals surface area contributed by atoms with E-state index < -0.39 is 0 Å². The lowest BCUT2D eigenvalue weighted by Crippen LogP contribution is -2.19. The van der Waals surface area contributed by atoms with E-state index in [1.165, 1.54) is 17.5 Å². The standard InChI is InChI=1S/C18H21N/c1-19(2)13-15-12-18(14-8-4-3-5-9-14)17-11-7-6-10-16(15)17/h3-11,15,18H,12-13H2,1-2H3/t15-,18+/m1/s1. The zero-order valence-electron chi connectivity index (χ0n) is 11.7. The highest BCUT2D eigenvalue weighted by atomic mass is 15.1. The summed E-state index contributed by atoms with van der Waals surface area (Å²) in [6, 6.07) is 19.9. The average molecular weight is 251 g/mol. The SMILES string of the molecule is CN(C)C[C@H]1C[C@@H](c2ccccc2)c2ccccc21. The van der Waals surface area contributed by atoms with Crippen molar-refractivity contribution in [3.8, 4) is 0 Å². The number of likely N-dealkylation sites (N-methyl/N-ethyl adjacent to an activating group) is 1. The highest BCUT2D eigenvalue weighted by Crippen LogP contribution is 2.45. The first-order chi connectivity index (χ1) is 9.25. The van der Waals surface area contributed by atoms with E-state index in [1.807, 2.05) is 0 Å². The van der Waals surface area contributed by atoms with Crippen molar-refractivity contribution >= 4 is 0 Å². The van der Waals surface area contributed by atoms with Gasteiger partial charge in [-0.25, -0.2) is 0 Å². The van der Waals surface area contributed by atoms with Gasteiger partial charge in [-0.2, -0.15) is 0 Å². The van der Waals surface area contributed by atoms with Gasteiger partial charge in [0.1, 0.15) is 0 Å². The molecule has 0 spiro atoms. The van der Waals surface area contributed by atoms with Crippen LogP contribution in [0.25, 0.3) is 0 Å². The molecule has 0 N–H and O–H groups in total. The summed E-state index contributed by atoms with van der Waals surface area (Å²) in [6.45, 7) is 1.14. The molecule has 3 rings (SSSR count). The Kier molecular flexibility index (Phi) is 3.39. The van der Waals surface area contributed by atoms with Crippen LogP contribution in [0.5, 0.6) is 0 Å². The fourth-order valence-electron chi connectivity index (χ4n) is 3.35. The Morgan fingerprint density at radius 1 is 0.895 bits per heavy atom. The normalized spacial score (nSPS) is 21.6. The minimum Gasteiger partial charge on any atom is -0.309 e. The van der Waals surface area contributed by atoms with Crippen LogP contribution in [0.2, 0.25) is 0 Å². The van der Waals surface area contributed by atoms with Gasteiger partial charge < -0.3 is 4.90 Å². The van der Waals surface area contributed by atoms with Crippen LogP contribution in [0, 0.1) is 0 Å². The van der Waals surface area contributed by atoms with Gasteiger partial charge in [-0.15, -0.1) is 0 Å². The largest absolute Gasteiger partial charge is 0.309 e. The molecule has 0 fully saturated rings. The zero-order valence-corrected chi connectivity index (χ0v) is 11.7. The summed E-state index contributed by atoms with van der Waals surface area (Å²) in [7, 11) is 4.33. The Morgan fingerprint density at radius 3 is 2.21 bits per heavy atom. The van der Waals surface area contributed by atoms with E-state index in [-0.39, 0.29) is 0 Å². The molecule has 2 aromatic carbocycles. The van der Waals surface area contributed by atoms with Gasteiger partial charge in [-0.3, -0.25) is 0 Å². The second-order valence-corrected chi connectivity index (χ2v) is 5.79. The average Bonchev–Trinajstić information content (AvgIpc) is 2.78. The third-order valence-corrected chi connectivity index (χ3v) is 4.12. The lowest BCUT2D eigenvalue weighted by atomic mass is 9.93. The van der Waals surface area contributed by atoms with Gasteiger partial charge in [0, 0.05) is 12.5 Å². The van der Waals surface area contributed by atoms with Crippen molar-refractivity contribution in [1.82, 2.24) is 4.90 Å². The fraction of sp³-hybridized carbons (Fsp3) is 0.333. The Balaban J connectivity index is 1.97. The van der Waals surface area contributed by atoms with Gasteiger partial charge in [-0.05, 0) is 43.1 Å². The molecule has 0 unspecified atom stereocenters. The second-order valence-electron chi connectivity index (χ2n) is 5.79. The smallest absolute Gasteiger partial charge is 0.00984 e. The lowest BCUT2D eigenvalue weighted by molar-refractivity contribution is 0.368. The molecule has 0 saturated heterocycles. The minimum atomic E-state index is 0.572. The Morgan fingerprint density at radius 2 is 1.53 bits per heavy atom. The van der Waals surface area contributed by atoms with Gasteiger partial charge in [0.05, 0.1) is 0 Å². The predicted molar refractivity (Wildman–Crippen MR) is 80.6 cm³/mol. The van der Waals surface area contributed by atoms with Crippen LogP contribution in [0.3, 0.4) is 0 Å². The maximum Gasteiger partial charge on any atom is 0.00984 e. The van der Waals surface area contributed by atoms with E-state index in [1.54, 1.807) is 5.56 Å². The fourth-order valence-corrected chi connectivity index (χ4v) is 3.35. The van der Waals surface area contributed by atoms with E-state index in [9.17, 15) is 0 Å². The molecule has 1 aliphatic rings. The maximum atomic E-state index is 2.31. The molecule has 0 aliphatic heterocycles. The number of hydrogen-bond acceptors (Lipinski definition) is 1. The predicted octanol–water partition coefficient (Wildman–Crippen LogP) is 3.87. The van der Waals surface area contributed by atoms with E-state index in [0.29, 0.717) is 11.8 Å². The third kappa shape index (κ3) is 2.43. The molecule has 2 atom stereocenters. The number of rotatable bonds is 3. The number of nitrogens with zero attached hydrogens (tertiary/aromatic N) is 1. The second kappa shape index (κ2) is 5.18. The summed E-state index contributed by atoms with van der Waals surface area (Å²) in [6.07, 6.45) is 1.24. The monoisotopic (exact) mass is 251 g/mol. The molecule has 1 nitrogen and oxygen atoms in total. The molecule has 1 heteroatoms. The van der Waals surface area contributed by atoms with Crippen molar-refractivity contribution < 1.29 is 0 Å². The summed E-state index contributed by atoms with van der Waals surface area (Å²) < 4.78 is 0. The Hall–Kier alpha value is -1.60. The molecule has 0 amide bonds. The zero-order chi connectivity index (χ0) is 13.2. The van der Waals surface area contributed by atoms with Crippen LogP contribution in [0.15, 0.2) is 54.6 Å². The lowest BCUT2D eigenvalue weighted by Gasteiger charge is -2.17. The van der Waals surface area contributed by atoms with Crippen molar-refractivity contribution in [1.29, 1.82) is 0 Å². The molecule has 1 aliphatic carbocycles. The van der Waals surface area contributed by atoms with Crippen molar-refractivity contribution in [2.75, 3.05) is 20.6 Å².